The first kappa shape index (κ1) is 21.1. The highest BCUT2D eigenvalue weighted by molar-refractivity contribution is 9.10. The summed E-state index contributed by atoms with van der Waals surface area (Å²) in [5.74, 6) is -2.19. The van der Waals surface area contributed by atoms with Gasteiger partial charge in [0.05, 0.1) is 22.7 Å². The van der Waals surface area contributed by atoms with E-state index < -0.39 is 27.6 Å². The largest absolute Gasteiger partial charge is 0.464 e. The fourth-order valence-electron chi connectivity index (χ4n) is 2.53. The van der Waals surface area contributed by atoms with Crippen LogP contribution < -0.4 is 10.5 Å². The Labute approximate surface area is 173 Å². The van der Waals surface area contributed by atoms with Crippen LogP contribution in [0.4, 0.5) is 10.1 Å². The Hall–Kier alpha value is -2.66. The molecule has 0 bridgehead atoms. The van der Waals surface area contributed by atoms with E-state index in [4.69, 9.17) is 9.15 Å². The Morgan fingerprint density at radius 2 is 2.03 bits per heavy atom. The van der Waals surface area contributed by atoms with Gasteiger partial charge < -0.3 is 9.15 Å². The molecule has 0 fully saturated rings. The number of benzene rings is 2. The van der Waals surface area contributed by atoms with Crippen molar-refractivity contribution >= 4 is 48.7 Å². The summed E-state index contributed by atoms with van der Waals surface area (Å²) in [5, 5.41) is 0. The second-order valence-corrected chi connectivity index (χ2v) is 8.63. The summed E-state index contributed by atoms with van der Waals surface area (Å²) in [5.41, 5.74) is -0.0272. The van der Waals surface area contributed by atoms with Crippen LogP contribution in [-0.4, -0.2) is 25.6 Å². The third-order valence-electron chi connectivity index (χ3n) is 3.88. The first-order chi connectivity index (χ1) is 13.7. The number of esters is 1. The van der Waals surface area contributed by atoms with E-state index in [2.05, 4.69) is 20.7 Å². The Balaban J connectivity index is 1.91. The fourth-order valence-corrected chi connectivity index (χ4v) is 3.95. The van der Waals surface area contributed by atoms with Crippen LogP contribution in [0.3, 0.4) is 0 Å². The highest BCUT2D eigenvalue weighted by Crippen LogP contribution is 2.24. The molecular formula is C18H16BrFN2O6S. The normalized spacial score (nSPS) is 11.6. The molecule has 0 atom stereocenters. The standard InChI is InChI=1S/C18H16BrFN2O6S/c1-2-7-27-17(23)10-22-15-6-4-12(9-16(15)28-18(22)24)29(25,26)21-14-5-3-11(19)8-13(14)20/h3-6,8-9,21H,2,7,10H2,1H3. The Morgan fingerprint density at radius 1 is 1.28 bits per heavy atom. The van der Waals surface area contributed by atoms with Crippen molar-refractivity contribution in [2.45, 2.75) is 24.8 Å². The lowest BCUT2D eigenvalue weighted by molar-refractivity contribution is -0.144. The zero-order valence-corrected chi connectivity index (χ0v) is 17.5. The van der Waals surface area contributed by atoms with Crippen LogP contribution in [0.25, 0.3) is 11.1 Å². The number of halogens is 2. The molecule has 1 heterocycles. The van der Waals surface area contributed by atoms with Crippen LogP contribution in [0.1, 0.15) is 13.3 Å². The van der Waals surface area contributed by atoms with Crippen molar-refractivity contribution in [3.8, 4) is 0 Å². The van der Waals surface area contributed by atoms with Crippen LogP contribution in [0.5, 0.6) is 0 Å². The van der Waals surface area contributed by atoms with Gasteiger partial charge in [0.15, 0.2) is 5.58 Å². The summed E-state index contributed by atoms with van der Waals surface area (Å²) in [6, 6.07) is 7.57. The molecule has 29 heavy (non-hydrogen) atoms. The van der Waals surface area contributed by atoms with Gasteiger partial charge >= 0.3 is 11.7 Å². The summed E-state index contributed by atoms with van der Waals surface area (Å²) in [7, 11) is -4.15. The Bertz CT molecular complexity index is 1230. The monoisotopic (exact) mass is 486 g/mol. The minimum atomic E-state index is -4.15. The Morgan fingerprint density at radius 3 is 2.72 bits per heavy atom. The SMILES string of the molecule is CCCOC(=O)Cn1c(=O)oc2cc(S(=O)(=O)Nc3ccc(Br)cc3F)ccc21. The quantitative estimate of drug-likeness (QED) is 0.513. The number of sulfonamides is 1. The third-order valence-corrected chi connectivity index (χ3v) is 5.74. The van der Waals surface area contributed by atoms with Crippen molar-refractivity contribution in [3.63, 3.8) is 0 Å². The number of nitrogens with one attached hydrogen (secondary N) is 1. The number of nitrogens with zero attached hydrogens (tertiary/aromatic N) is 1. The predicted molar refractivity (Wildman–Crippen MR) is 107 cm³/mol. The molecule has 154 valence electrons. The van der Waals surface area contributed by atoms with E-state index >= 15 is 0 Å². The first-order valence-electron chi connectivity index (χ1n) is 8.48. The van der Waals surface area contributed by atoms with E-state index in [0.29, 0.717) is 10.9 Å². The van der Waals surface area contributed by atoms with Crippen LogP contribution >= 0.6 is 15.9 Å². The zero-order valence-electron chi connectivity index (χ0n) is 15.1. The van der Waals surface area contributed by atoms with E-state index in [1.807, 2.05) is 6.92 Å². The van der Waals surface area contributed by atoms with Crippen molar-refractivity contribution in [2.75, 3.05) is 11.3 Å². The summed E-state index contributed by atoms with van der Waals surface area (Å²) in [4.78, 5) is 23.6. The molecule has 0 unspecified atom stereocenters. The van der Waals surface area contributed by atoms with Gasteiger partial charge in [0.1, 0.15) is 12.4 Å². The summed E-state index contributed by atoms with van der Waals surface area (Å²) in [6.07, 6.45) is 0.639. The van der Waals surface area contributed by atoms with Gasteiger partial charge in [-0.2, -0.15) is 0 Å². The van der Waals surface area contributed by atoms with Crippen LogP contribution in [0.15, 0.2) is 55.0 Å². The number of aromatic nitrogens is 1. The number of carbonyl (C=O) groups excluding carboxylic acids is 1. The van der Waals surface area contributed by atoms with Gasteiger partial charge in [-0.3, -0.25) is 14.1 Å². The van der Waals surface area contributed by atoms with Gasteiger partial charge in [0.2, 0.25) is 0 Å². The molecule has 8 nitrogen and oxygen atoms in total. The number of hydrogen-bond donors (Lipinski definition) is 1. The Kier molecular flexibility index (Phi) is 6.08. The number of ether oxygens (including phenoxy) is 1. The predicted octanol–water partition coefficient (Wildman–Crippen LogP) is 3.25. The maximum Gasteiger partial charge on any atom is 0.420 e. The number of fused-ring (bicyclic) bond motifs is 1. The molecule has 0 spiro atoms. The van der Waals surface area contributed by atoms with Crippen LogP contribution in [0, 0.1) is 5.82 Å². The number of oxazole rings is 1. The highest BCUT2D eigenvalue weighted by Gasteiger charge is 2.20. The number of rotatable bonds is 7. The topological polar surface area (TPSA) is 108 Å². The minimum absolute atomic E-state index is 0.0301. The molecule has 1 N–H and O–H groups in total. The first-order valence-corrected chi connectivity index (χ1v) is 10.8. The molecule has 0 saturated carbocycles. The summed E-state index contributed by atoms with van der Waals surface area (Å²) < 4.78 is 52.8. The van der Waals surface area contributed by atoms with Crippen molar-refractivity contribution in [3.05, 3.63) is 57.2 Å². The summed E-state index contributed by atoms with van der Waals surface area (Å²) >= 11 is 3.09. The van der Waals surface area contributed by atoms with Gasteiger partial charge in [-0.25, -0.2) is 17.6 Å². The average Bonchev–Trinajstić information content (AvgIpc) is 2.97. The molecule has 1 aromatic heterocycles. The second-order valence-electron chi connectivity index (χ2n) is 6.03. The summed E-state index contributed by atoms with van der Waals surface area (Å²) in [6.45, 7) is 1.70. The second kappa shape index (κ2) is 8.37. The van der Waals surface area contributed by atoms with Crippen LogP contribution in [0.2, 0.25) is 0 Å². The molecule has 0 aliphatic heterocycles. The van der Waals surface area contributed by atoms with Crippen molar-refractivity contribution in [1.29, 1.82) is 0 Å². The highest BCUT2D eigenvalue weighted by atomic mass is 79.9. The van der Waals surface area contributed by atoms with Gasteiger partial charge in [-0.05, 0) is 36.8 Å². The molecule has 0 aliphatic rings. The van der Waals surface area contributed by atoms with E-state index in [9.17, 15) is 22.4 Å². The maximum atomic E-state index is 14.0. The van der Waals surface area contributed by atoms with Gasteiger partial charge in [-0.1, -0.05) is 22.9 Å². The van der Waals surface area contributed by atoms with Crippen molar-refractivity contribution in [1.82, 2.24) is 4.57 Å². The van der Waals surface area contributed by atoms with Crippen LogP contribution in [-0.2, 0) is 26.1 Å². The molecule has 0 radical (unpaired) electrons. The maximum absolute atomic E-state index is 14.0. The fraction of sp³-hybridized carbons (Fsp3) is 0.222. The van der Waals surface area contributed by atoms with E-state index in [0.717, 1.165) is 16.7 Å². The number of carbonyl (C=O) groups is 1. The molecule has 11 heteroatoms. The van der Waals surface area contributed by atoms with Gasteiger partial charge in [-0.15, -0.1) is 0 Å². The van der Waals surface area contributed by atoms with Crippen molar-refractivity contribution in [2.24, 2.45) is 0 Å². The molecule has 3 aromatic rings. The number of anilines is 1. The van der Waals surface area contributed by atoms with Gasteiger partial charge in [0.25, 0.3) is 10.0 Å². The lowest BCUT2D eigenvalue weighted by Crippen LogP contribution is -2.21. The molecule has 0 aliphatic carbocycles. The zero-order chi connectivity index (χ0) is 21.2. The molecule has 0 amide bonds. The lowest BCUT2D eigenvalue weighted by Gasteiger charge is -2.09. The van der Waals surface area contributed by atoms with E-state index in [-0.39, 0.29) is 34.8 Å². The molecular weight excluding hydrogens is 471 g/mol. The third kappa shape index (κ3) is 4.67. The molecule has 3 rings (SSSR count). The average molecular weight is 487 g/mol. The molecule has 0 saturated heterocycles. The number of hydrogen-bond acceptors (Lipinski definition) is 6. The van der Waals surface area contributed by atoms with E-state index in [1.165, 1.54) is 24.3 Å². The lowest BCUT2D eigenvalue weighted by atomic mass is 10.3. The van der Waals surface area contributed by atoms with E-state index in [1.54, 1.807) is 0 Å². The minimum Gasteiger partial charge on any atom is -0.464 e. The van der Waals surface area contributed by atoms with Crippen molar-refractivity contribution < 1.29 is 26.8 Å². The van der Waals surface area contributed by atoms with Gasteiger partial charge in [0, 0.05) is 10.5 Å². The smallest absolute Gasteiger partial charge is 0.420 e. The molecule has 2 aromatic carbocycles.